The molecule has 1 aromatic heterocycles. The van der Waals surface area contributed by atoms with Crippen LogP contribution in [0.5, 0.6) is 0 Å². The average Bonchev–Trinajstić information content (AvgIpc) is 2.62. The Hall–Kier alpha value is -1.69. The van der Waals surface area contributed by atoms with Crippen molar-refractivity contribution < 1.29 is 4.79 Å². The van der Waals surface area contributed by atoms with Gasteiger partial charge in [0, 0.05) is 18.3 Å². The first-order valence-electron chi connectivity index (χ1n) is 4.96. The third kappa shape index (κ3) is 2.08. The lowest BCUT2D eigenvalue weighted by molar-refractivity contribution is 0.102. The highest BCUT2D eigenvalue weighted by molar-refractivity contribution is 9.10. The van der Waals surface area contributed by atoms with Crippen LogP contribution in [0.1, 0.15) is 21.6 Å². The van der Waals surface area contributed by atoms with Crippen LogP contribution in [0.25, 0.3) is 0 Å². The van der Waals surface area contributed by atoms with Crippen LogP contribution in [-0.2, 0) is 7.05 Å². The number of aryl methyl sites for hydroxylation is 2. The van der Waals surface area contributed by atoms with Crippen molar-refractivity contribution in [2.24, 2.45) is 7.05 Å². The minimum absolute atomic E-state index is 0.132. The second kappa shape index (κ2) is 4.29. The monoisotopic (exact) mass is 294 g/mol. The molecule has 88 valence electrons. The number of benzene rings is 1. The van der Waals surface area contributed by atoms with Crippen LogP contribution in [0.4, 0.5) is 5.69 Å². The first kappa shape index (κ1) is 11.8. The summed E-state index contributed by atoms with van der Waals surface area (Å²) >= 11 is 3.21. The van der Waals surface area contributed by atoms with Crippen molar-refractivity contribution in [3.05, 3.63) is 39.6 Å². The Balaban J connectivity index is 2.48. The van der Waals surface area contributed by atoms with Crippen molar-refractivity contribution in [1.82, 2.24) is 15.0 Å². The predicted molar refractivity (Wildman–Crippen MR) is 67.7 cm³/mol. The zero-order chi connectivity index (χ0) is 12.6. The van der Waals surface area contributed by atoms with Crippen LogP contribution in [0, 0.1) is 6.92 Å². The van der Waals surface area contributed by atoms with E-state index in [9.17, 15) is 4.79 Å². The van der Waals surface area contributed by atoms with Gasteiger partial charge in [0.1, 0.15) is 5.69 Å². The molecule has 2 N–H and O–H groups in total. The molecular weight excluding hydrogens is 284 g/mol. The van der Waals surface area contributed by atoms with Crippen molar-refractivity contribution in [2.45, 2.75) is 6.92 Å². The molecule has 6 heteroatoms. The average molecular weight is 295 g/mol. The zero-order valence-electron chi connectivity index (χ0n) is 9.44. The van der Waals surface area contributed by atoms with Gasteiger partial charge in [-0.25, -0.2) is 4.68 Å². The number of carbonyl (C=O) groups is 1. The second-order valence-corrected chi connectivity index (χ2v) is 4.50. The summed E-state index contributed by atoms with van der Waals surface area (Å²) in [7, 11) is 1.68. The highest BCUT2D eigenvalue weighted by Crippen LogP contribution is 2.19. The molecule has 0 saturated carbocycles. The molecule has 0 aliphatic rings. The molecule has 0 fully saturated rings. The van der Waals surface area contributed by atoms with E-state index in [0.29, 0.717) is 21.5 Å². The lowest BCUT2D eigenvalue weighted by Gasteiger charge is -2.04. The molecule has 0 bridgehead atoms. The molecule has 0 spiro atoms. The smallest absolute Gasteiger partial charge is 0.213 e. The third-order valence-electron chi connectivity index (χ3n) is 2.53. The molecule has 5 nitrogen and oxygen atoms in total. The van der Waals surface area contributed by atoms with E-state index in [1.165, 1.54) is 4.68 Å². The highest BCUT2D eigenvalue weighted by atomic mass is 79.9. The number of carbonyl (C=O) groups excluding carboxylic acids is 1. The van der Waals surface area contributed by atoms with Crippen molar-refractivity contribution in [3.63, 3.8) is 0 Å². The fourth-order valence-corrected chi connectivity index (χ4v) is 2.03. The summed E-state index contributed by atoms with van der Waals surface area (Å²) in [4.78, 5) is 12.2. The second-order valence-electron chi connectivity index (χ2n) is 3.75. The van der Waals surface area contributed by atoms with Gasteiger partial charge in [-0.1, -0.05) is 5.21 Å². The Kier molecular flexibility index (Phi) is 2.97. The van der Waals surface area contributed by atoms with E-state index in [0.717, 1.165) is 5.56 Å². The Morgan fingerprint density at radius 1 is 1.47 bits per heavy atom. The van der Waals surface area contributed by atoms with Crippen LogP contribution in [0.15, 0.2) is 22.8 Å². The van der Waals surface area contributed by atoms with Crippen molar-refractivity contribution in [1.29, 1.82) is 0 Å². The number of anilines is 1. The molecule has 0 amide bonds. The molecule has 1 aromatic carbocycles. The first-order valence-corrected chi connectivity index (χ1v) is 5.76. The molecule has 2 rings (SSSR count). The number of nitrogen functional groups attached to an aromatic ring is 1. The van der Waals surface area contributed by atoms with Gasteiger partial charge in [-0.3, -0.25) is 4.79 Å². The van der Waals surface area contributed by atoms with Gasteiger partial charge in [-0.05, 0) is 46.6 Å². The van der Waals surface area contributed by atoms with Gasteiger partial charge in [-0.15, -0.1) is 5.10 Å². The number of rotatable bonds is 2. The van der Waals surface area contributed by atoms with Crippen molar-refractivity contribution in [2.75, 3.05) is 5.73 Å². The predicted octanol–water partition coefficient (Wildman–Crippen LogP) is 1.70. The first-order chi connectivity index (χ1) is 8.00. The molecule has 2 aromatic rings. The highest BCUT2D eigenvalue weighted by Gasteiger charge is 2.18. The molecule has 0 atom stereocenters. The number of hydrogen-bond donors (Lipinski definition) is 1. The minimum atomic E-state index is -0.132. The molecule has 0 saturated heterocycles. The lowest BCUT2D eigenvalue weighted by Crippen LogP contribution is -2.09. The lowest BCUT2D eigenvalue weighted by atomic mass is 10.0. The van der Waals surface area contributed by atoms with Gasteiger partial charge in [0.25, 0.3) is 0 Å². The number of nitrogens with zero attached hydrogens (tertiary/aromatic N) is 3. The van der Waals surface area contributed by atoms with E-state index in [-0.39, 0.29) is 5.78 Å². The maximum atomic E-state index is 12.2. The van der Waals surface area contributed by atoms with Crippen LogP contribution in [0.2, 0.25) is 0 Å². The summed E-state index contributed by atoms with van der Waals surface area (Å²) in [6, 6.07) is 5.18. The zero-order valence-corrected chi connectivity index (χ0v) is 11.0. The molecular formula is C11H11BrN4O. The molecule has 0 aliphatic carbocycles. The topological polar surface area (TPSA) is 73.8 Å². The Bertz CT molecular complexity index is 572. The number of aromatic nitrogens is 3. The van der Waals surface area contributed by atoms with Gasteiger partial charge in [0.15, 0.2) is 4.60 Å². The van der Waals surface area contributed by atoms with Crippen LogP contribution < -0.4 is 5.73 Å². The summed E-state index contributed by atoms with van der Waals surface area (Å²) in [5.41, 5.74) is 8.26. The summed E-state index contributed by atoms with van der Waals surface area (Å²) in [6.07, 6.45) is 0. The van der Waals surface area contributed by atoms with Crippen LogP contribution in [0.3, 0.4) is 0 Å². The number of hydrogen-bond acceptors (Lipinski definition) is 4. The summed E-state index contributed by atoms with van der Waals surface area (Å²) in [5, 5.41) is 7.56. The molecule has 0 aliphatic heterocycles. The minimum Gasteiger partial charge on any atom is -0.399 e. The standard InChI is InChI=1S/C11H11BrN4O/c1-6-5-7(3-4-8(6)13)10(17)9-11(12)14-15-16(9)2/h3-5H,13H2,1-2H3. The summed E-state index contributed by atoms with van der Waals surface area (Å²) in [5.74, 6) is -0.132. The quantitative estimate of drug-likeness (QED) is 0.676. The summed E-state index contributed by atoms with van der Waals surface area (Å²) < 4.78 is 1.89. The Morgan fingerprint density at radius 3 is 2.71 bits per heavy atom. The normalized spacial score (nSPS) is 10.5. The van der Waals surface area contributed by atoms with Crippen molar-refractivity contribution in [3.8, 4) is 0 Å². The number of ketones is 1. The van der Waals surface area contributed by atoms with Gasteiger partial charge in [0.05, 0.1) is 0 Å². The number of nitrogens with two attached hydrogens (primary N) is 1. The molecule has 17 heavy (non-hydrogen) atoms. The number of halogens is 1. The Morgan fingerprint density at radius 2 is 2.18 bits per heavy atom. The van der Waals surface area contributed by atoms with E-state index >= 15 is 0 Å². The van der Waals surface area contributed by atoms with E-state index in [1.807, 2.05) is 6.92 Å². The summed E-state index contributed by atoms with van der Waals surface area (Å²) in [6.45, 7) is 1.86. The van der Waals surface area contributed by atoms with E-state index < -0.39 is 0 Å². The molecule has 1 heterocycles. The van der Waals surface area contributed by atoms with Crippen molar-refractivity contribution >= 4 is 27.4 Å². The maximum Gasteiger partial charge on any atom is 0.213 e. The largest absolute Gasteiger partial charge is 0.399 e. The SMILES string of the molecule is Cc1cc(C(=O)c2c(Br)nnn2C)ccc1N. The van der Waals surface area contributed by atoms with Crippen LogP contribution in [-0.4, -0.2) is 20.8 Å². The third-order valence-corrected chi connectivity index (χ3v) is 3.07. The molecule has 0 radical (unpaired) electrons. The fraction of sp³-hybridized carbons (Fsp3) is 0.182. The maximum absolute atomic E-state index is 12.2. The van der Waals surface area contributed by atoms with Gasteiger partial charge in [-0.2, -0.15) is 0 Å². The van der Waals surface area contributed by atoms with Gasteiger partial charge >= 0.3 is 0 Å². The molecule has 0 unspecified atom stereocenters. The van der Waals surface area contributed by atoms with Gasteiger partial charge in [0.2, 0.25) is 5.78 Å². The van der Waals surface area contributed by atoms with E-state index in [2.05, 4.69) is 26.2 Å². The van der Waals surface area contributed by atoms with E-state index in [4.69, 9.17) is 5.73 Å². The van der Waals surface area contributed by atoms with Crippen LogP contribution >= 0.6 is 15.9 Å². The fourth-order valence-electron chi connectivity index (χ4n) is 1.53. The van der Waals surface area contributed by atoms with Gasteiger partial charge < -0.3 is 5.73 Å². The van der Waals surface area contributed by atoms with E-state index in [1.54, 1.807) is 25.2 Å². The Labute approximate surface area is 107 Å².